The lowest BCUT2D eigenvalue weighted by Gasteiger charge is -2.23. The standard InChI is InChI=1S/C4H2BrClF6/c5-2(6)1(3(7,8)9)4(10,11)12/h1-2H. The fraction of sp³-hybridized carbons (Fsp3) is 1.00. The van der Waals surface area contributed by atoms with Gasteiger partial charge in [-0.25, -0.2) is 0 Å². The first kappa shape index (κ1) is 12.3. The fourth-order valence-corrected chi connectivity index (χ4v) is 1.36. The monoisotopic (exact) mass is 278 g/mol. The van der Waals surface area contributed by atoms with Crippen molar-refractivity contribution in [3.05, 3.63) is 0 Å². The number of hydrogen-bond donors (Lipinski definition) is 0. The van der Waals surface area contributed by atoms with Gasteiger partial charge in [0.2, 0.25) is 0 Å². The smallest absolute Gasteiger partial charge is 0.170 e. The molecule has 1 unspecified atom stereocenters. The van der Waals surface area contributed by atoms with Crippen LogP contribution in [0.4, 0.5) is 26.3 Å². The normalized spacial score (nSPS) is 16.8. The van der Waals surface area contributed by atoms with Crippen LogP contribution in [-0.2, 0) is 0 Å². The molecule has 0 heterocycles. The Morgan fingerprint density at radius 1 is 0.917 bits per heavy atom. The van der Waals surface area contributed by atoms with Crippen molar-refractivity contribution < 1.29 is 26.3 Å². The van der Waals surface area contributed by atoms with Crippen LogP contribution in [0.1, 0.15) is 0 Å². The van der Waals surface area contributed by atoms with E-state index in [9.17, 15) is 26.3 Å². The lowest BCUT2D eigenvalue weighted by atomic mass is 10.1. The molecule has 0 rings (SSSR count). The maximum absolute atomic E-state index is 11.6. The molecular weight excluding hydrogens is 277 g/mol. The summed E-state index contributed by atoms with van der Waals surface area (Å²) in [4.78, 5) is 0. The van der Waals surface area contributed by atoms with E-state index < -0.39 is 22.6 Å². The SMILES string of the molecule is FC(F)(F)C(C(Cl)Br)C(F)(F)F. The topological polar surface area (TPSA) is 0 Å². The van der Waals surface area contributed by atoms with Gasteiger partial charge in [-0.2, -0.15) is 26.3 Å². The van der Waals surface area contributed by atoms with Gasteiger partial charge >= 0.3 is 12.4 Å². The van der Waals surface area contributed by atoms with Crippen LogP contribution < -0.4 is 0 Å². The summed E-state index contributed by atoms with van der Waals surface area (Å²) in [5.41, 5.74) is 0. The molecule has 0 saturated heterocycles. The van der Waals surface area contributed by atoms with Crippen molar-refractivity contribution in [1.29, 1.82) is 0 Å². The van der Waals surface area contributed by atoms with E-state index in [1.807, 2.05) is 15.9 Å². The van der Waals surface area contributed by atoms with Crippen molar-refractivity contribution in [2.24, 2.45) is 5.92 Å². The van der Waals surface area contributed by atoms with Crippen LogP contribution in [0, 0.1) is 5.92 Å². The van der Waals surface area contributed by atoms with Gasteiger partial charge < -0.3 is 0 Å². The molecule has 0 bridgehead atoms. The molecule has 0 aromatic carbocycles. The Bertz CT molecular complexity index is 135. The molecule has 0 radical (unpaired) electrons. The molecule has 12 heavy (non-hydrogen) atoms. The average molecular weight is 279 g/mol. The highest BCUT2D eigenvalue weighted by Crippen LogP contribution is 2.44. The van der Waals surface area contributed by atoms with Crippen molar-refractivity contribution in [3.8, 4) is 0 Å². The van der Waals surface area contributed by atoms with Gasteiger partial charge in [-0.05, 0) is 0 Å². The van der Waals surface area contributed by atoms with Gasteiger partial charge in [0.15, 0.2) is 5.92 Å². The van der Waals surface area contributed by atoms with Crippen molar-refractivity contribution in [2.75, 3.05) is 0 Å². The molecule has 0 amide bonds. The third-order valence-electron chi connectivity index (χ3n) is 0.957. The quantitative estimate of drug-likeness (QED) is 0.507. The largest absolute Gasteiger partial charge is 0.402 e. The highest BCUT2D eigenvalue weighted by atomic mass is 79.9. The van der Waals surface area contributed by atoms with Crippen LogP contribution in [-0.4, -0.2) is 16.6 Å². The number of rotatable bonds is 1. The summed E-state index contributed by atoms with van der Waals surface area (Å²) >= 11 is 6.73. The Kier molecular flexibility index (Phi) is 3.72. The van der Waals surface area contributed by atoms with E-state index in [2.05, 4.69) is 11.6 Å². The van der Waals surface area contributed by atoms with Crippen LogP contribution in [0.15, 0.2) is 0 Å². The van der Waals surface area contributed by atoms with Gasteiger partial charge in [0.1, 0.15) is 4.29 Å². The Morgan fingerprint density at radius 2 is 1.17 bits per heavy atom. The minimum atomic E-state index is -5.38. The van der Waals surface area contributed by atoms with E-state index in [-0.39, 0.29) is 0 Å². The zero-order chi connectivity index (χ0) is 10.2. The van der Waals surface area contributed by atoms with E-state index in [0.29, 0.717) is 0 Å². The van der Waals surface area contributed by atoms with Crippen LogP contribution in [0.5, 0.6) is 0 Å². The molecule has 0 fully saturated rings. The summed E-state index contributed by atoms with van der Waals surface area (Å²) in [5.74, 6) is -3.54. The first-order chi connectivity index (χ1) is 5.07. The van der Waals surface area contributed by atoms with Crippen LogP contribution in [0.3, 0.4) is 0 Å². The predicted molar refractivity (Wildman–Crippen MR) is 34.2 cm³/mol. The lowest BCUT2D eigenvalue weighted by molar-refractivity contribution is -0.278. The average Bonchev–Trinajstić information content (AvgIpc) is 1.49. The highest BCUT2D eigenvalue weighted by Gasteiger charge is 2.59. The fourth-order valence-electron chi connectivity index (χ4n) is 0.471. The van der Waals surface area contributed by atoms with Gasteiger partial charge in [0.25, 0.3) is 0 Å². The third-order valence-corrected chi connectivity index (χ3v) is 1.74. The summed E-state index contributed by atoms with van der Waals surface area (Å²) in [6, 6.07) is 0. The summed E-state index contributed by atoms with van der Waals surface area (Å²) in [6.07, 6.45) is -10.8. The summed E-state index contributed by atoms with van der Waals surface area (Å²) in [7, 11) is 0. The zero-order valence-electron chi connectivity index (χ0n) is 5.18. The van der Waals surface area contributed by atoms with Gasteiger partial charge in [-0.1, -0.05) is 15.9 Å². The molecular formula is C4H2BrClF6. The minimum Gasteiger partial charge on any atom is -0.170 e. The molecule has 8 heteroatoms. The van der Waals surface area contributed by atoms with Gasteiger partial charge in [-0.3, -0.25) is 0 Å². The Labute approximate surface area is 77.0 Å². The Hall–Kier alpha value is 0.350. The summed E-state index contributed by atoms with van der Waals surface area (Å²) < 4.78 is 67.6. The summed E-state index contributed by atoms with van der Waals surface area (Å²) in [5, 5.41) is 0. The molecule has 0 aromatic rings. The van der Waals surface area contributed by atoms with E-state index in [1.54, 1.807) is 0 Å². The summed E-state index contributed by atoms with van der Waals surface area (Å²) in [6.45, 7) is 0. The van der Waals surface area contributed by atoms with Crippen LogP contribution >= 0.6 is 27.5 Å². The van der Waals surface area contributed by atoms with Gasteiger partial charge in [-0.15, -0.1) is 11.6 Å². The maximum Gasteiger partial charge on any atom is 0.402 e. The first-order valence-corrected chi connectivity index (χ1v) is 3.83. The minimum absolute atomic E-state index is 2.04. The van der Waals surface area contributed by atoms with E-state index >= 15 is 0 Å². The highest BCUT2D eigenvalue weighted by molar-refractivity contribution is 9.10. The second-order valence-corrected chi connectivity index (χ2v) is 3.88. The first-order valence-electron chi connectivity index (χ1n) is 2.48. The molecule has 0 saturated carbocycles. The molecule has 0 aliphatic heterocycles. The Morgan fingerprint density at radius 3 is 1.17 bits per heavy atom. The Balaban J connectivity index is 4.70. The van der Waals surface area contributed by atoms with E-state index in [4.69, 9.17) is 0 Å². The molecule has 0 N–H and O–H groups in total. The molecule has 0 nitrogen and oxygen atoms in total. The van der Waals surface area contributed by atoms with Crippen LogP contribution in [0.25, 0.3) is 0 Å². The number of alkyl halides is 8. The van der Waals surface area contributed by atoms with Crippen molar-refractivity contribution in [2.45, 2.75) is 16.6 Å². The number of hydrogen-bond acceptors (Lipinski definition) is 0. The second kappa shape index (κ2) is 3.61. The molecule has 0 aliphatic rings. The van der Waals surface area contributed by atoms with Gasteiger partial charge in [0.05, 0.1) is 0 Å². The van der Waals surface area contributed by atoms with E-state index in [0.717, 1.165) is 0 Å². The number of halogens is 8. The van der Waals surface area contributed by atoms with Gasteiger partial charge in [0, 0.05) is 0 Å². The molecule has 0 aliphatic carbocycles. The zero-order valence-corrected chi connectivity index (χ0v) is 7.52. The maximum atomic E-state index is 11.6. The van der Waals surface area contributed by atoms with Crippen LogP contribution in [0.2, 0.25) is 0 Å². The second-order valence-electron chi connectivity index (χ2n) is 1.90. The predicted octanol–water partition coefficient (Wildman–Crippen LogP) is 3.69. The van der Waals surface area contributed by atoms with E-state index in [1.165, 1.54) is 0 Å². The lowest BCUT2D eigenvalue weighted by Crippen LogP contribution is -2.40. The molecule has 74 valence electrons. The van der Waals surface area contributed by atoms with Crippen molar-refractivity contribution in [1.82, 2.24) is 0 Å². The molecule has 1 atom stereocenters. The molecule has 0 aromatic heterocycles. The molecule has 0 spiro atoms. The van der Waals surface area contributed by atoms with Crippen molar-refractivity contribution >= 4 is 27.5 Å². The van der Waals surface area contributed by atoms with Crippen molar-refractivity contribution in [3.63, 3.8) is 0 Å². The third kappa shape index (κ3) is 3.38.